The van der Waals surface area contributed by atoms with Gasteiger partial charge in [-0.15, -0.1) is 0 Å². The average molecular weight is 217 g/mol. The summed E-state index contributed by atoms with van der Waals surface area (Å²) < 4.78 is 15.7. The van der Waals surface area contributed by atoms with Crippen molar-refractivity contribution in [3.05, 3.63) is 0 Å². The van der Waals surface area contributed by atoms with Gasteiger partial charge in [-0.3, -0.25) is 0 Å². The summed E-state index contributed by atoms with van der Waals surface area (Å²) in [4.78, 5) is 0. The molecule has 0 amide bonds. The first-order valence-electron chi connectivity index (χ1n) is 5.74. The summed E-state index contributed by atoms with van der Waals surface area (Å²) in [5, 5.41) is 0. The highest BCUT2D eigenvalue weighted by Gasteiger charge is 2.20. The summed E-state index contributed by atoms with van der Waals surface area (Å²) in [6.45, 7) is 3.75. The maximum atomic E-state index is 6.07. The van der Waals surface area contributed by atoms with Gasteiger partial charge in [0.2, 0.25) is 0 Å². The summed E-state index contributed by atoms with van der Waals surface area (Å²) in [6.07, 6.45) is 3.25. The molecule has 0 saturated carbocycles. The average Bonchev–Trinajstić information content (AvgIpc) is 2.30. The largest absolute Gasteiger partial charge is 0.382 e. The van der Waals surface area contributed by atoms with Crippen LogP contribution in [0.3, 0.4) is 0 Å². The Labute approximate surface area is 92.1 Å². The van der Waals surface area contributed by atoms with E-state index in [-0.39, 0.29) is 6.04 Å². The van der Waals surface area contributed by atoms with Crippen molar-refractivity contribution in [2.24, 2.45) is 11.7 Å². The number of rotatable bonds is 7. The van der Waals surface area contributed by atoms with E-state index in [1.807, 2.05) is 0 Å². The zero-order valence-electron chi connectivity index (χ0n) is 9.61. The van der Waals surface area contributed by atoms with Crippen LogP contribution >= 0.6 is 0 Å². The topological polar surface area (TPSA) is 53.7 Å². The lowest BCUT2D eigenvalue weighted by atomic mass is 9.92. The molecule has 0 aromatic carbocycles. The van der Waals surface area contributed by atoms with Crippen molar-refractivity contribution in [3.63, 3.8) is 0 Å². The van der Waals surface area contributed by atoms with Gasteiger partial charge in [0.05, 0.1) is 19.8 Å². The molecule has 1 heterocycles. The van der Waals surface area contributed by atoms with Crippen LogP contribution in [0.1, 0.15) is 19.3 Å². The van der Waals surface area contributed by atoms with Crippen molar-refractivity contribution in [2.45, 2.75) is 25.3 Å². The Morgan fingerprint density at radius 1 is 1.40 bits per heavy atom. The highest BCUT2D eigenvalue weighted by Crippen LogP contribution is 2.17. The second-order valence-electron chi connectivity index (χ2n) is 4.03. The predicted octanol–water partition coefficient (Wildman–Crippen LogP) is 0.793. The van der Waals surface area contributed by atoms with E-state index in [0.717, 1.165) is 32.7 Å². The number of hydrogen-bond donors (Lipinski definition) is 1. The van der Waals surface area contributed by atoms with Crippen LogP contribution in [-0.4, -0.2) is 46.2 Å². The van der Waals surface area contributed by atoms with Crippen molar-refractivity contribution >= 4 is 0 Å². The lowest BCUT2D eigenvalue weighted by Crippen LogP contribution is -2.36. The van der Waals surface area contributed by atoms with Gasteiger partial charge < -0.3 is 19.9 Å². The van der Waals surface area contributed by atoms with Gasteiger partial charge in [-0.2, -0.15) is 0 Å². The first-order valence-corrected chi connectivity index (χ1v) is 5.74. The molecule has 90 valence electrons. The van der Waals surface area contributed by atoms with Gasteiger partial charge in [0.15, 0.2) is 0 Å². The summed E-state index contributed by atoms with van der Waals surface area (Å²) in [5.74, 6) is 0.518. The van der Waals surface area contributed by atoms with E-state index in [4.69, 9.17) is 19.9 Å². The Kier molecular flexibility index (Phi) is 6.92. The van der Waals surface area contributed by atoms with E-state index in [9.17, 15) is 0 Å². The fourth-order valence-electron chi connectivity index (χ4n) is 1.80. The second-order valence-corrected chi connectivity index (χ2v) is 4.03. The van der Waals surface area contributed by atoms with Gasteiger partial charge in [-0.25, -0.2) is 0 Å². The van der Waals surface area contributed by atoms with Gasteiger partial charge in [-0.05, 0) is 25.2 Å². The van der Waals surface area contributed by atoms with Crippen LogP contribution in [0, 0.1) is 5.92 Å². The summed E-state index contributed by atoms with van der Waals surface area (Å²) in [7, 11) is 1.68. The highest BCUT2D eigenvalue weighted by atomic mass is 16.5. The third-order valence-electron chi connectivity index (χ3n) is 2.83. The van der Waals surface area contributed by atoms with Gasteiger partial charge in [0.25, 0.3) is 0 Å². The van der Waals surface area contributed by atoms with Crippen molar-refractivity contribution in [3.8, 4) is 0 Å². The van der Waals surface area contributed by atoms with Crippen molar-refractivity contribution in [2.75, 3.05) is 40.1 Å². The molecule has 15 heavy (non-hydrogen) atoms. The molecular formula is C11H23NO3. The predicted molar refractivity (Wildman–Crippen MR) is 58.8 cm³/mol. The van der Waals surface area contributed by atoms with Gasteiger partial charge in [0, 0.05) is 26.4 Å². The molecule has 0 bridgehead atoms. The number of hydrogen-bond acceptors (Lipinski definition) is 4. The molecule has 1 fully saturated rings. The van der Waals surface area contributed by atoms with Crippen molar-refractivity contribution in [1.29, 1.82) is 0 Å². The molecule has 0 aliphatic carbocycles. The maximum Gasteiger partial charge on any atom is 0.0700 e. The minimum atomic E-state index is 0.216. The van der Waals surface area contributed by atoms with Crippen LogP contribution in [0.2, 0.25) is 0 Å². The van der Waals surface area contributed by atoms with Crippen LogP contribution in [0.4, 0.5) is 0 Å². The Hall–Kier alpha value is -0.160. The summed E-state index contributed by atoms with van der Waals surface area (Å²) in [6, 6.07) is 0.216. The van der Waals surface area contributed by atoms with Crippen LogP contribution in [-0.2, 0) is 14.2 Å². The fourth-order valence-corrected chi connectivity index (χ4v) is 1.80. The Balaban J connectivity index is 1.99. The molecule has 0 spiro atoms. The minimum Gasteiger partial charge on any atom is -0.382 e. The smallest absolute Gasteiger partial charge is 0.0700 e. The molecule has 2 unspecified atom stereocenters. The highest BCUT2D eigenvalue weighted by molar-refractivity contribution is 4.74. The molecule has 1 aliphatic heterocycles. The lowest BCUT2D eigenvalue weighted by molar-refractivity contribution is 0.0318. The zero-order valence-corrected chi connectivity index (χ0v) is 9.61. The molecule has 1 aliphatic rings. The second kappa shape index (κ2) is 8.05. The van der Waals surface area contributed by atoms with Gasteiger partial charge in [0.1, 0.15) is 0 Å². The molecule has 4 heteroatoms. The number of nitrogens with two attached hydrogens (primary N) is 1. The molecule has 1 rings (SSSR count). The Morgan fingerprint density at radius 3 is 2.93 bits per heavy atom. The van der Waals surface area contributed by atoms with E-state index in [0.29, 0.717) is 19.1 Å². The van der Waals surface area contributed by atoms with E-state index in [1.54, 1.807) is 7.11 Å². The van der Waals surface area contributed by atoms with Crippen LogP contribution < -0.4 is 5.73 Å². The molecule has 2 atom stereocenters. The van der Waals surface area contributed by atoms with Gasteiger partial charge in [-0.1, -0.05) is 0 Å². The third-order valence-corrected chi connectivity index (χ3v) is 2.83. The third kappa shape index (κ3) is 5.47. The van der Waals surface area contributed by atoms with Crippen LogP contribution in [0.5, 0.6) is 0 Å². The van der Waals surface area contributed by atoms with Crippen LogP contribution in [0.25, 0.3) is 0 Å². The normalized spacial score (nSPS) is 24.0. The Morgan fingerprint density at radius 2 is 2.27 bits per heavy atom. The summed E-state index contributed by atoms with van der Waals surface area (Å²) >= 11 is 0. The molecule has 0 aromatic rings. The Bertz CT molecular complexity index is 149. The fraction of sp³-hybridized carbons (Fsp3) is 1.00. The molecule has 0 aromatic heterocycles. The SMILES string of the molecule is COCCOCCC(N)C1CCCOC1. The molecule has 4 nitrogen and oxygen atoms in total. The standard InChI is InChI=1S/C11H23NO3/c1-13-7-8-14-6-4-11(12)10-3-2-5-15-9-10/h10-11H,2-9,12H2,1H3. The number of methoxy groups -OCH3 is 1. The van der Waals surface area contributed by atoms with Crippen molar-refractivity contribution < 1.29 is 14.2 Å². The molecule has 1 saturated heterocycles. The van der Waals surface area contributed by atoms with Gasteiger partial charge >= 0.3 is 0 Å². The molecular weight excluding hydrogens is 194 g/mol. The first kappa shape index (κ1) is 12.9. The lowest BCUT2D eigenvalue weighted by Gasteiger charge is -2.27. The quantitative estimate of drug-likeness (QED) is 0.641. The van der Waals surface area contributed by atoms with E-state index in [1.165, 1.54) is 6.42 Å². The number of ether oxygens (including phenoxy) is 3. The van der Waals surface area contributed by atoms with E-state index >= 15 is 0 Å². The monoisotopic (exact) mass is 217 g/mol. The molecule has 2 N–H and O–H groups in total. The van der Waals surface area contributed by atoms with E-state index in [2.05, 4.69) is 0 Å². The zero-order chi connectivity index (χ0) is 10.9. The first-order chi connectivity index (χ1) is 7.34. The summed E-state index contributed by atoms with van der Waals surface area (Å²) in [5.41, 5.74) is 6.07. The van der Waals surface area contributed by atoms with E-state index < -0.39 is 0 Å². The maximum absolute atomic E-state index is 6.07. The molecule has 0 radical (unpaired) electrons. The van der Waals surface area contributed by atoms with Crippen LogP contribution in [0.15, 0.2) is 0 Å². The van der Waals surface area contributed by atoms with Crippen molar-refractivity contribution in [1.82, 2.24) is 0 Å². The minimum absolute atomic E-state index is 0.216.